The van der Waals surface area contributed by atoms with E-state index >= 15 is 0 Å². The molecule has 3 N–H and O–H groups in total. The van der Waals surface area contributed by atoms with Gasteiger partial charge in [0, 0.05) is 5.69 Å². The molecule has 0 radical (unpaired) electrons. The van der Waals surface area contributed by atoms with E-state index in [1.165, 1.54) is 47.4 Å². The first-order valence-electron chi connectivity index (χ1n) is 7.78. The molecule has 0 spiro atoms. The monoisotopic (exact) mass is 420 g/mol. The molecule has 1 heterocycles. The van der Waals surface area contributed by atoms with Crippen molar-refractivity contribution in [3.63, 3.8) is 0 Å². The Labute approximate surface area is 165 Å². The molecule has 10 heteroatoms. The smallest absolute Gasteiger partial charge is 0.242 e. The molecule has 1 amide bonds. The summed E-state index contributed by atoms with van der Waals surface area (Å²) in [5.41, 5.74) is 1.30. The quantitative estimate of drug-likeness (QED) is 0.593. The molecule has 0 saturated heterocycles. The molecule has 1 atom stereocenters. The Hall–Kier alpha value is -2.27. The third-order valence-electron chi connectivity index (χ3n) is 3.52. The fourth-order valence-corrected chi connectivity index (χ4v) is 4.79. The molecule has 2 aromatic carbocycles. The number of benzene rings is 2. The largest absolute Gasteiger partial charge is 0.325 e. The van der Waals surface area contributed by atoms with E-state index in [4.69, 9.17) is 5.14 Å². The number of primary sulfonamides is 1. The number of carbonyl (C=O) groups is 1. The maximum absolute atomic E-state index is 12.9. The molecule has 7 nitrogen and oxygen atoms in total. The number of anilines is 1. The zero-order valence-corrected chi connectivity index (χ0v) is 16.6. The van der Waals surface area contributed by atoms with Crippen LogP contribution >= 0.6 is 23.1 Å². The second kappa shape index (κ2) is 8.17. The lowest BCUT2D eigenvalue weighted by molar-refractivity contribution is -0.115. The molecular weight excluding hydrogens is 404 g/mol. The van der Waals surface area contributed by atoms with E-state index in [1.54, 1.807) is 0 Å². The lowest BCUT2D eigenvalue weighted by Crippen LogP contribution is -2.19. The summed E-state index contributed by atoms with van der Waals surface area (Å²) < 4.78 is 23.4. The molecule has 1 aromatic heterocycles. The predicted molar refractivity (Wildman–Crippen MR) is 106 cm³/mol. The number of rotatable bonds is 6. The highest BCUT2D eigenvalue weighted by molar-refractivity contribution is 8.01. The SMILES string of the molecule is Cc1nnc(S[C@H](C(=O)Nc2ccc(S(N)(=O)=O)cc2)c2ccccc2)s1. The van der Waals surface area contributed by atoms with Crippen LogP contribution in [-0.4, -0.2) is 24.5 Å². The van der Waals surface area contributed by atoms with Gasteiger partial charge in [0.2, 0.25) is 15.9 Å². The summed E-state index contributed by atoms with van der Waals surface area (Å²) in [6, 6.07) is 15.0. The minimum atomic E-state index is -3.78. The molecule has 140 valence electrons. The van der Waals surface area contributed by atoms with Crippen LogP contribution in [0.2, 0.25) is 0 Å². The number of aryl methyl sites for hydroxylation is 1. The van der Waals surface area contributed by atoms with Gasteiger partial charge in [-0.15, -0.1) is 10.2 Å². The summed E-state index contributed by atoms with van der Waals surface area (Å²) in [6.07, 6.45) is 0. The first-order valence-corrected chi connectivity index (χ1v) is 11.0. The summed E-state index contributed by atoms with van der Waals surface area (Å²) in [5.74, 6) is -0.248. The second-order valence-corrected chi connectivity index (χ2v) is 9.65. The van der Waals surface area contributed by atoms with Gasteiger partial charge in [-0.05, 0) is 36.8 Å². The highest BCUT2D eigenvalue weighted by Crippen LogP contribution is 2.37. The van der Waals surface area contributed by atoms with Crippen molar-refractivity contribution >= 4 is 44.7 Å². The van der Waals surface area contributed by atoms with Crippen molar-refractivity contribution in [3.8, 4) is 0 Å². The maximum atomic E-state index is 12.9. The lowest BCUT2D eigenvalue weighted by Gasteiger charge is -2.15. The first kappa shape index (κ1) is 19.5. The van der Waals surface area contributed by atoms with Crippen LogP contribution in [0.5, 0.6) is 0 Å². The number of thioether (sulfide) groups is 1. The average Bonchev–Trinajstić information content (AvgIpc) is 3.05. The number of nitrogens with one attached hydrogen (secondary N) is 1. The highest BCUT2D eigenvalue weighted by Gasteiger charge is 2.24. The molecule has 0 unspecified atom stereocenters. The van der Waals surface area contributed by atoms with E-state index in [0.717, 1.165) is 10.6 Å². The molecule has 0 aliphatic heterocycles. The van der Waals surface area contributed by atoms with Crippen LogP contribution in [0.15, 0.2) is 63.8 Å². The minimum absolute atomic E-state index is 0.0150. The Morgan fingerprint density at radius 1 is 1.11 bits per heavy atom. The van der Waals surface area contributed by atoms with Crippen molar-refractivity contribution in [2.24, 2.45) is 5.14 Å². The number of nitrogens with zero attached hydrogens (tertiary/aromatic N) is 2. The third kappa shape index (κ3) is 5.13. The Morgan fingerprint density at radius 2 is 1.78 bits per heavy atom. The van der Waals surface area contributed by atoms with Crippen molar-refractivity contribution in [3.05, 3.63) is 65.2 Å². The number of nitrogens with two attached hydrogens (primary N) is 1. The van der Waals surface area contributed by atoms with Gasteiger partial charge in [0.15, 0.2) is 4.34 Å². The van der Waals surface area contributed by atoms with Crippen molar-refractivity contribution < 1.29 is 13.2 Å². The number of aromatic nitrogens is 2. The number of carbonyl (C=O) groups excluding carboxylic acids is 1. The van der Waals surface area contributed by atoms with Gasteiger partial charge < -0.3 is 5.32 Å². The van der Waals surface area contributed by atoms with E-state index in [2.05, 4.69) is 15.5 Å². The Kier molecular flexibility index (Phi) is 5.90. The van der Waals surface area contributed by atoms with Gasteiger partial charge in [-0.3, -0.25) is 4.79 Å². The molecular formula is C17H16N4O3S3. The van der Waals surface area contributed by atoms with Crippen LogP contribution in [0.1, 0.15) is 15.8 Å². The average molecular weight is 421 g/mol. The van der Waals surface area contributed by atoms with Crippen LogP contribution in [-0.2, 0) is 14.8 Å². The zero-order valence-electron chi connectivity index (χ0n) is 14.2. The molecule has 3 aromatic rings. The van der Waals surface area contributed by atoms with Crippen molar-refractivity contribution in [1.82, 2.24) is 10.2 Å². The van der Waals surface area contributed by atoms with Crippen LogP contribution in [0.4, 0.5) is 5.69 Å². The number of hydrogen-bond donors (Lipinski definition) is 2. The number of hydrogen-bond acceptors (Lipinski definition) is 7. The van der Waals surface area contributed by atoms with Gasteiger partial charge in [-0.2, -0.15) is 0 Å². The standard InChI is InChI=1S/C17H16N4O3S3/c1-11-20-21-17(25-11)26-15(12-5-3-2-4-6-12)16(22)19-13-7-9-14(10-8-13)27(18,23)24/h2-10,15H,1H3,(H,19,22)(H2,18,23,24)/t15-/m0/s1. The Balaban J connectivity index is 1.82. The minimum Gasteiger partial charge on any atom is -0.325 e. The van der Waals surface area contributed by atoms with E-state index < -0.39 is 15.3 Å². The van der Waals surface area contributed by atoms with Crippen LogP contribution in [0.25, 0.3) is 0 Å². The predicted octanol–water partition coefficient (Wildman–Crippen LogP) is 2.97. The van der Waals surface area contributed by atoms with E-state index in [1.807, 2.05) is 37.3 Å². The lowest BCUT2D eigenvalue weighted by atomic mass is 10.1. The zero-order chi connectivity index (χ0) is 19.4. The fourth-order valence-electron chi connectivity index (χ4n) is 2.26. The van der Waals surface area contributed by atoms with E-state index in [0.29, 0.717) is 10.0 Å². The summed E-state index contributed by atoms with van der Waals surface area (Å²) in [7, 11) is -3.78. The Bertz CT molecular complexity index is 1030. The molecule has 27 heavy (non-hydrogen) atoms. The van der Waals surface area contributed by atoms with Gasteiger partial charge in [0.25, 0.3) is 0 Å². The van der Waals surface area contributed by atoms with Gasteiger partial charge in [0.1, 0.15) is 10.3 Å². The second-order valence-electron chi connectivity index (χ2n) is 5.55. The van der Waals surface area contributed by atoms with E-state index in [-0.39, 0.29) is 10.8 Å². The molecule has 0 bridgehead atoms. The highest BCUT2D eigenvalue weighted by atomic mass is 32.2. The summed E-state index contributed by atoms with van der Waals surface area (Å²) >= 11 is 2.73. The van der Waals surface area contributed by atoms with Crippen LogP contribution < -0.4 is 10.5 Å². The maximum Gasteiger partial charge on any atom is 0.242 e. The van der Waals surface area contributed by atoms with Crippen LogP contribution in [0, 0.1) is 6.92 Å². The van der Waals surface area contributed by atoms with E-state index in [9.17, 15) is 13.2 Å². The summed E-state index contributed by atoms with van der Waals surface area (Å²) in [6.45, 7) is 1.85. The normalized spacial score (nSPS) is 12.5. The Morgan fingerprint density at radius 3 is 2.33 bits per heavy atom. The van der Waals surface area contributed by atoms with Crippen molar-refractivity contribution in [2.45, 2.75) is 21.4 Å². The van der Waals surface area contributed by atoms with Gasteiger partial charge >= 0.3 is 0 Å². The van der Waals surface area contributed by atoms with Gasteiger partial charge in [-0.25, -0.2) is 13.6 Å². The number of sulfonamides is 1. The molecule has 0 fully saturated rings. The van der Waals surface area contributed by atoms with Crippen molar-refractivity contribution in [1.29, 1.82) is 0 Å². The topological polar surface area (TPSA) is 115 Å². The molecule has 0 aliphatic carbocycles. The molecule has 0 aliphatic rings. The number of amides is 1. The molecule has 3 rings (SSSR count). The fraction of sp³-hybridized carbons (Fsp3) is 0.118. The molecule has 0 saturated carbocycles. The summed E-state index contributed by atoms with van der Waals surface area (Å²) in [5, 5.41) is 16.3. The third-order valence-corrected chi connectivity index (χ3v) is 6.62. The van der Waals surface area contributed by atoms with Gasteiger partial charge in [0.05, 0.1) is 4.90 Å². The first-order chi connectivity index (χ1) is 12.8. The van der Waals surface area contributed by atoms with Crippen LogP contribution in [0.3, 0.4) is 0 Å². The van der Waals surface area contributed by atoms with Gasteiger partial charge in [-0.1, -0.05) is 53.4 Å². The summed E-state index contributed by atoms with van der Waals surface area (Å²) in [4.78, 5) is 12.9. The van der Waals surface area contributed by atoms with Crippen molar-refractivity contribution in [2.75, 3.05) is 5.32 Å².